The summed E-state index contributed by atoms with van der Waals surface area (Å²) in [4.78, 5) is 10.7. The van der Waals surface area contributed by atoms with Gasteiger partial charge in [0.15, 0.2) is 0 Å². The van der Waals surface area contributed by atoms with Crippen molar-refractivity contribution >= 4 is 23.1 Å². The van der Waals surface area contributed by atoms with Gasteiger partial charge in [-0.25, -0.2) is 4.79 Å². The Morgan fingerprint density at radius 3 is 2.50 bits per heavy atom. The van der Waals surface area contributed by atoms with Crippen LogP contribution >= 0.6 is 11.6 Å². The number of carboxylic acid groups (broad SMARTS) is 1. The Bertz CT molecular complexity index is 379. The first-order valence-electron chi connectivity index (χ1n) is 5.33. The van der Waals surface area contributed by atoms with Crippen LogP contribution in [0.25, 0.3) is 5.57 Å². The van der Waals surface area contributed by atoms with Crippen molar-refractivity contribution in [2.24, 2.45) is 0 Å². The summed E-state index contributed by atoms with van der Waals surface area (Å²) in [5, 5.41) is 9.46. The van der Waals surface area contributed by atoms with Crippen LogP contribution in [-0.4, -0.2) is 11.1 Å². The number of hydrogen-bond donors (Lipinski definition) is 1. The highest BCUT2D eigenvalue weighted by atomic mass is 35.5. The van der Waals surface area contributed by atoms with Crippen LogP contribution in [-0.2, 0) is 4.79 Å². The Labute approximate surface area is 101 Å². The summed E-state index contributed by atoms with van der Waals surface area (Å²) in [5.74, 6) is -0.902. The van der Waals surface area contributed by atoms with Crippen LogP contribution in [0.3, 0.4) is 0 Å². The van der Waals surface area contributed by atoms with Crippen LogP contribution < -0.4 is 0 Å². The van der Waals surface area contributed by atoms with Crippen molar-refractivity contribution in [1.82, 2.24) is 0 Å². The number of unbranched alkanes of at least 4 members (excludes halogenated alkanes) is 1. The summed E-state index contributed by atoms with van der Waals surface area (Å²) in [6, 6.07) is 7.26. The fraction of sp³-hybridized carbons (Fsp3) is 0.308. The molecule has 0 heterocycles. The number of rotatable bonds is 5. The van der Waals surface area contributed by atoms with Crippen LogP contribution in [0, 0.1) is 0 Å². The lowest BCUT2D eigenvalue weighted by atomic mass is 10.00. The zero-order valence-electron chi connectivity index (χ0n) is 9.24. The molecule has 0 amide bonds. The van der Waals surface area contributed by atoms with E-state index in [1.165, 1.54) is 6.08 Å². The van der Waals surface area contributed by atoms with Gasteiger partial charge in [0.2, 0.25) is 0 Å². The van der Waals surface area contributed by atoms with E-state index in [0.717, 1.165) is 30.4 Å². The molecule has 0 saturated carbocycles. The van der Waals surface area contributed by atoms with E-state index in [1.807, 2.05) is 12.1 Å². The molecule has 1 aromatic carbocycles. The van der Waals surface area contributed by atoms with Crippen molar-refractivity contribution in [2.45, 2.75) is 26.2 Å². The lowest BCUT2D eigenvalue weighted by Crippen LogP contribution is -1.93. The average molecular weight is 239 g/mol. The summed E-state index contributed by atoms with van der Waals surface area (Å²) in [6.07, 6.45) is 4.09. The fourth-order valence-electron chi connectivity index (χ4n) is 1.48. The summed E-state index contributed by atoms with van der Waals surface area (Å²) in [5.41, 5.74) is 1.78. The molecular formula is C13H15ClO2. The van der Waals surface area contributed by atoms with Crippen molar-refractivity contribution in [3.05, 3.63) is 40.9 Å². The summed E-state index contributed by atoms with van der Waals surface area (Å²) >= 11 is 5.79. The van der Waals surface area contributed by atoms with Crippen LogP contribution in [0.2, 0.25) is 5.02 Å². The minimum absolute atomic E-state index is 0.661. The lowest BCUT2D eigenvalue weighted by molar-refractivity contribution is -0.131. The quantitative estimate of drug-likeness (QED) is 0.788. The third-order valence-corrected chi connectivity index (χ3v) is 2.56. The van der Waals surface area contributed by atoms with Gasteiger partial charge >= 0.3 is 5.97 Å². The summed E-state index contributed by atoms with van der Waals surface area (Å²) in [7, 11) is 0. The first-order chi connectivity index (χ1) is 7.63. The van der Waals surface area contributed by atoms with Crippen LogP contribution in [0.5, 0.6) is 0 Å². The van der Waals surface area contributed by atoms with Gasteiger partial charge in [-0.1, -0.05) is 37.1 Å². The minimum atomic E-state index is -0.902. The molecule has 16 heavy (non-hydrogen) atoms. The van der Waals surface area contributed by atoms with E-state index in [-0.39, 0.29) is 0 Å². The predicted molar refractivity (Wildman–Crippen MR) is 66.6 cm³/mol. The molecule has 0 radical (unpaired) electrons. The lowest BCUT2D eigenvalue weighted by Gasteiger charge is -2.06. The topological polar surface area (TPSA) is 37.3 Å². The molecule has 0 atom stereocenters. The van der Waals surface area contributed by atoms with Crippen molar-refractivity contribution in [3.8, 4) is 0 Å². The predicted octanol–water partition coefficient (Wildman–Crippen LogP) is 4.00. The van der Waals surface area contributed by atoms with Crippen molar-refractivity contribution in [1.29, 1.82) is 0 Å². The van der Waals surface area contributed by atoms with Crippen LogP contribution in [0.15, 0.2) is 30.3 Å². The maximum absolute atomic E-state index is 10.7. The van der Waals surface area contributed by atoms with E-state index < -0.39 is 5.97 Å². The zero-order chi connectivity index (χ0) is 12.0. The Kier molecular flexibility index (Phi) is 5.06. The minimum Gasteiger partial charge on any atom is -0.478 e. The molecule has 0 aliphatic carbocycles. The number of benzene rings is 1. The van der Waals surface area contributed by atoms with E-state index in [1.54, 1.807) is 12.1 Å². The number of carbonyl (C=O) groups is 1. The van der Waals surface area contributed by atoms with E-state index in [2.05, 4.69) is 6.92 Å². The molecule has 2 nitrogen and oxygen atoms in total. The largest absolute Gasteiger partial charge is 0.478 e. The highest BCUT2D eigenvalue weighted by Crippen LogP contribution is 2.22. The number of allylic oxidation sites excluding steroid dienone is 1. The summed E-state index contributed by atoms with van der Waals surface area (Å²) < 4.78 is 0. The maximum atomic E-state index is 10.7. The molecule has 3 heteroatoms. The molecule has 0 saturated heterocycles. The van der Waals surface area contributed by atoms with Gasteiger partial charge in [-0.3, -0.25) is 0 Å². The third-order valence-electron chi connectivity index (χ3n) is 2.31. The van der Waals surface area contributed by atoms with Crippen molar-refractivity contribution in [3.63, 3.8) is 0 Å². The first kappa shape index (κ1) is 12.8. The maximum Gasteiger partial charge on any atom is 0.328 e. The summed E-state index contributed by atoms with van der Waals surface area (Å²) in [6.45, 7) is 2.08. The smallest absolute Gasteiger partial charge is 0.328 e. The first-order valence-corrected chi connectivity index (χ1v) is 5.70. The SMILES string of the molecule is CCCC/C(=C\C(=O)O)c1ccc(Cl)cc1. The number of halogens is 1. The van der Waals surface area contributed by atoms with Gasteiger partial charge < -0.3 is 5.11 Å². The molecule has 1 N–H and O–H groups in total. The highest BCUT2D eigenvalue weighted by Gasteiger charge is 2.03. The molecule has 0 aliphatic heterocycles. The molecule has 1 aromatic rings. The molecule has 0 fully saturated rings. The molecule has 0 bridgehead atoms. The van der Waals surface area contributed by atoms with Gasteiger partial charge in [-0.2, -0.15) is 0 Å². The Morgan fingerprint density at radius 2 is 2.00 bits per heavy atom. The highest BCUT2D eigenvalue weighted by molar-refractivity contribution is 6.30. The second-order valence-corrected chi connectivity index (χ2v) is 4.05. The van der Waals surface area contributed by atoms with Crippen LogP contribution in [0.1, 0.15) is 31.7 Å². The molecule has 0 aliphatic rings. The zero-order valence-corrected chi connectivity index (χ0v) is 10.00. The van der Waals surface area contributed by atoms with Gasteiger partial charge in [0.1, 0.15) is 0 Å². The monoisotopic (exact) mass is 238 g/mol. The number of carboxylic acids is 1. The van der Waals surface area contributed by atoms with Gasteiger partial charge in [0, 0.05) is 11.1 Å². The number of aliphatic carboxylic acids is 1. The normalized spacial score (nSPS) is 11.5. The van der Waals surface area contributed by atoms with E-state index in [4.69, 9.17) is 16.7 Å². The van der Waals surface area contributed by atoms with E-state index in [9.17, 15) is 4.79 Å². The second-order valence-electron chi connectivity index (χ2n) is 3.62. The molecule has 86 valence electrons. The Morgan fingerprint density at radius 1 is 1.38 bits per heavy atom. The van der Waals surface area contributed by atoms with Crippen LogP contribution in [0.4, 0.5) is 0 Å². The Hall–Kier alpha value is -1.28. The Balaban J connectivity index is 2.92. The second kappa shape index (κ2) is 6.33. The van der Waals surface area contributed by atoms with E-state index >= 15 is 0 Å². The molecule has 1 rings (SSSR count). The van der Waals surface area contributed by atoms with Crippen molar-refractivity contribution < 1.29 is 9.90 Å². The average Bonchev–Trinajstić information content (AvgIpc) is 2.25. The van der Waals surface area contributed by atoms with Gasteiger partial charge in [-0.05, 0) is 36.1 Å². The molecule has 0 unspecified atom stereocenters. The third kappa shape index (κ3) is 4.07. The standard InChI is InChI=1S/C13H15ClO2/c1-2-3-4-11(9-13(15)16)10-5-7-12(14)8-6-10/h5-9H,2-4H2,1H3,(H,15,16)/b11-9+. The van der Waals surface area contributed by atoms with Gasteiger partial charge in [-0.15, -0.1) is 0 Å². The van der Waals surface area contributed by atoms with E-state index in [0.29, 0.717) is 5.02 Å². The number of hydrogen-bond acceptors (Lipinski definition) is 1. The molecule has 0 spiro atoms. The van der Waals surface area contributed by atoms with Crippen molar-refractivity contribution in [2.75, 3.05) is 0 Å². The molecule has 0 aromatic heterocycles. The molecular weight excluding hydrogens is 224 g/mol. The van der Waals surface area contributed by atoms with Gasteiger partial charge in [0.05, 0.1) is 0 Å². The van der Waals surface area contributed by atoms with Gasteiger partial charge in [0.25, 0.3) is 0 Å². The fourth-order valence-corrected chi connectivity index (χ4v) is 1.61.